The van der Waals surface area contributed by atoms with Gasteiger partial charge in [-0.2, -0.15) is 46.9 Å². The van der Waals surface area contributed by atoms with Crippen molar-refractivity contribution < 1.29 is 43.2 Å². The van der Waals surface area contributed by atoms with E-state index in [0.29, 0.717) is 10.9 Å². The van der Waals surface area contributed by atoms with E-state index in [4.69, 9.17) is 5.26 Å². The fourth-order valence-electron chi connectivity index (χ4n) is 0.252. The van der Waals surface area contributed by atoms with Gasteiger partial charge < -0.3 is 0 Å². The van der Waals surface area contributed by atoms with Crippen LogP contribution in [0.25, 0.3) is 0 Å². The van der Waals surface area contributed by atoms with Crippen LogP contribution in [0, 0.1) is 17.2 Å². The van der Waals surface area contributed by atoms with E-state index in [1.165, 1.54) is 0 Å². The molecule has 0 saturated heterocycles. The second kappa shape index (κ2) is 7.53. The molecule has 0 bridgehead atoms. The second-order valence-corrected chi connectivity index (χ2v) is 6.09. The van der Waals surface area contributed by atoms with Crippen molar-refractivity contribution in [1.29, 1.82) is 5.26 Å². The van der Waals surface area contributed by atoms with Crippen molar-refractivity contribution >= 4 is 19.9 Å². The molecule has 0 heterocycles. The molecule has 0 amide bonds. The molecular weight excluding hydrogens is 342 g/mol. The number of nitrogens with one attached hydrogen (secondary N) is 1. The second-order valence-electron chi connectivity index (χ2n) is 2.39. The number of rotatable bonds is 2. The lowest BCUT2D eigenvalue weighted by Gasteiger charge is -2.11. The third kappa shape index (κ3) is 7.38. The first-order valence-electron chi connectivity index (χ1n) is 3.70. The van der Waals surface area contributed by atoms with Crippen LogP contribution in [-0.2, 0) is 19.9 Å². The molecule has 0 rings (SSSR count). The van der Waals surface area contributed by atoms with Gasteiger partial charge in [0.15, 0.2) is 6.19 Å². The summed E-state index contributed by atoms with van der Waals surface area (Å²) in [5.41, 5.74) is -10.6. The summed E-state index contributed by atoms with van der Waals surface area (Å²) in [6.45, 7) is 0.822. The lowest BCUT2D eigenvalue weighted by molar-refractivity contribution is -0.0445. The summed E-state index contributed by atoms with van der Waals surface area (Å²) in [6.07, 6.45) is 0.657. The normalized spacial score (nSPS) is 12.3. The number of hydrogen-bond donors (Lipinski definition) is 1. The summed E-state index contributed by atoms with van der Waals surface area (Å²) in [6, 6.07) is 0. The highest BCUT2D eigenvalue weighted by atomic mass is 32.2. The number of halogens is 6. The fourth-order valence-corrected chi connectivity index (χ4v) is 0.755. The Bertz CT molecular complexity index is 527. The fraction of sp³-hybridized carbons (Fsp3) is 0.667. The van der Waals surface area contributed by atoms with E-state index in [-0.39, 0.29) is 13.2 Å². The predicted molar refractivity (Wildman–Crippen MR) is 55.4 cm³/mol. The molecule has 0 radical (unpaired) electrons. The number of nitriles is 1. The largest absolute Gasteiger partial charge is 0.517 e. The topological polar surface area (TPSA) is 104 Å². The molecule has 0 aliphatic carbocycles. The van der Waals surface area contributed by atoms with Gasteiger partial charge >= 0.3 is 21.0 Å². The van der Waals surface area contributed by atoms with Crippen LogP contribution in [0.4, 0.5) is 26.3 Å². The number of nitrogens with zero attached hydrogens (tertiary/aromatic N) is 1. The van der Waals surface area contributed by atoms with Crippen LogP contribution in [0.1, 0.15) is 14.4 Å². The lowest BCUT2D eigenvalue weighted by Crippen LogP contribution is -2.33. The SMILES string of the molecule is C.C[CH-]S(=O)(=O)C(F)(F)F.N#CNS(=O)(=O)C(F)(F)F. The van der Waals surface area contributed by atoms with E-state index in [1.54, 1.807) is 0 Å². The maximum atomic E-state index is 11.2. The highest BCUT2D eigenvalue weighted by Gasteiger charge is 2.45. The van der Waals surface area contributed by atoms with E-state index in [1.807, 2.05) is 0 Å². The van der Waals surface area contributed by atoms with E-state index in [2.05, 4.69) is 0 Å². The average Bonchev–Trinajstić information content (AvgIpc) is 2.15. The highest BCUT2D eigenvalue weighted by Crippen LogP contribution is 2.24. The molecule has 0 aromatic carbocycles. The molecule has 0 saturated carbocycles. The van der Waals surface area contributed by atoms with Crippen LogP contribution in [0.2, 0.25) is 0 Å². The molecule has 0 spiro atoms. The zero-order valence-corrected chi connectivity index (χ0v) is 10.4. The van der Waals surface area contributed by atoms with Crippen molar-refractivity contribution in [2.75, 3.05) is 0 Å². The molecular formula is C6H9F6N2O4S2-. The molecule has 0 aliphatic rings. The first-order valence-corrected chi connectivity index (χ1v) is 6.73. The summed E-state index contributed by atoms with van der Waals surface area (Å²) in [5.74, 6) is 0.118. The summed E-state index contributed by atoms with van der Waals surface area (Å²) < 4.78 is 107. The Hall–Kier alpha value is -1.23. The minimum Gasteiger partial charge on any atom is -0.254 e. The quantitative estimate of drug-likeness (QED) is 0.352. The summed E-state index contributed by atoms with van der Waals surface area (Å²) in [4.78, 5) is 0. The highest BCUT2D eigenvalue weighted by molar-refractivity contribution is 7.94. The Morgan fingerprint density at radius 3 is 1.40 bits per heavy atom. The van der Waals surface area contributed by atoms with Gasteiger partial charge in [0.1, 0.15) is 9.84 Å². The average molecular weight is 351 g/mol. The van der Waals surface area contributed by atoms with E-state index >= 15 is 0 Å². The molecule has 0 aliphatic heterocycles. The van der Waals surface area contributed by atoms with Gasteiger partial charge in [0.25, 0.3) is 0 Å². The first-order chi connectivity index (χ1) is 8.12. The van der Waals surface area contributed by atoms with Crippen LogP contribution in [0.15, 0.2) is 0 Å². The molecule has 1 N–H and O–H groups in total. The minimum absolute atomic E-state index is 0. The van der Waals surface area contributed by atoms with Gasteiger partial charge in [0.05, 0.1) is 0 Å². The summed E-state index contributed by atoms with van der Waals surface area (Å²) >= 11 is 0. The summed E-state index contributed by atoms with van der Waals surface area (Å²) in [7, 11) is -10.4. The zero-order valence-electron chi connectivity index (χ0n) is 8.74. The van der Waals surface area contributed by atoms with Gasteiger partial charge in [-0.25, -0.2) is 10.5 Å². The summed E-state index contributed by atoms with van der Waals surface area (Å²) in [5, 5.41) is 7.52. The van der Waals surface area contributed by atoms with Gasteiger partial charge in [0, 0.05) is 0 Å². The Kier molecular flexibility index (Phi) is 8.97. The number of sulfonamides is 1. The maximum absolute atomic E-state index is 11.2. The molecule has 0 aromatic rings. The van der Waals surface area contributed by atoms with E-state index in [0.717, 1.165) is 6.92 Å². The smallest absolute Gasteiger partial charge is 0.254 e. The monoisotopic (exact) mass is 351 g/mol. The van der Waals surface area contributed by atoms with Crippen LogP contribution in [0.5, 0.6) is 0 Å². The van der Waals surface area contributed by atoms with Crippen molar-refractivity contribution in [2.45, 2.75) is 25.4 Å². The standard InChI is InChI=1S/C3H4F3O2S.C2HF3N2O2S.CH4/c1-2-9(7,8)3(4,5)6;3-2(4,5)10(8,9)7-1-6;/h2H,1H3;7H;1H4/q-1;;. The Balaban J connectivity index is -0.000000277. The van der Waals surface area contributed by atoms with E-state index < -0.39 is 30.9 Å². The van der Waals surface area contributed by atoms with Crippen molar-refractivity contribution in [3.05, 3.63) is 5.75 Å². The van der Waals surface area contributed by atoms with Gasteiger partial charge in [-0.1, -0.05) is 7.43 Å². The van der Waals surface area contributed by atoms with Crippen molar-refractivity contribution in [2.24, 2.45) is 0 Å². The molecule has 6 nitrogen and oxygen atoms in total. The molecule has 0 aromatic heterocycles. The number of hydrogen-bond acceptors (Lipinski definition) is 5. The predicted octanol–water partition coefficient (Wildman–Crippen LogP) is 1.65. The van der Waals surface area contributed by atoms with E-state index in [9.17, 15) is 43.2 Å². The Labute approximate surface area is 111 Å². The van der Waals surface area contributed by atoms with Crippen molar-refractivity contribution in [3.63, 3.8) is 0 Å². The molecule has 0 atom stereocenters. The molecule has 0 unspecified atom stereocenters. The Morgan fingerprint density at radius 2 is 1.35 bits per heavy atom. The Morgan fingerprint density at radius 1 is 1.00 bits per heavy atom. The molecule has 20 heavy (non-hydrogen) atoms. The van der Waals surface area contributed by atoms with Crippen LogP contribution >= 0.6 is 0 Å². The van der Waals surface area contributed by atoms with Gasteiger partial charge in [0.2, 0.25) is 0 Å². The first kappa shape index (κ1) is 23.8. The van der Waals surface area contributed by atoms with Gasteiger partial charge in [-0.05, 0) is 0 Å². The van der Waals surface area contributed by atoms with Crippen LogP contribution in [-0.4, -0.2) is 27.9 Å². The number of alkyl halides is 6. The van der Waals surface area contributed by atoms with Crippen LogP contribution < -0.4 is 4.72 Å². The molecule has 14 heteroatoms. The maximum Gasteiger partial charge on any atom is 0.517 e. The van der Waals surface area contributed by atoms with Crippen molar-refractivity contribution in [1.82, 2.24) is 4.72 Å². The van der Waals surface area contributed by atoms with Crippen LogP contribution in [0.3, 0.4) is 0 Å². The number of sulfone groups is 1. The zero-order chi connectivity index (χ0) is 16.1. The van der Waals surface area contributed by atoms with Crippen molar-refractivity contribution in [3.8, 4) is 6.19 Å². The third-order valence-corrected chi connectivity index (χ3v) is 3.35. The third-order valence-electron chi connectivity index (χ3n) is 1.12. The lowest BCUT2D eigenvalue weighted by atomic mass is 11.0. The van der Waals surface area contributed by atoms with Gasteiger partial charge in [-0.3, -0.25) is 8.42 Å². The van der Waals surface area contributed by atoms with Gasteiger partial charge in [-0.15, -0.1) is 0 Å². The molecule has 122 valence electrons. The molecule has 0 fully saturated rings. The minimum atomic E-state index is -5.46.